The second kappa shape index (κ2) is 7.40. The highest BCUT2D eigenvalue weighted by atomic mass is 32.1. The number of thiazole rings is 1. The van der Waals surface area contributed by atoms with Crippen molar-refractivity contribution in [2.75, 3.05) is 0 Å². The van der Waals surface area contributed by atoms with Gasteiger partial charge in [0.2, 0.25) is 5.91 Å². The summed E-state index contributed by atoms with van der Waals surface area (Å²) in [6.07, 6.45) is 0.980. The van der Waals surface area contributed by atoms with Crippen LogP contribution in [0.5, 0.6) is 0 Å². The summed E-state index contributed by atoms with van der Waals surface area (Å²) in [6.45, 7) is 2.52. The number of nitrogens with zero attached hydrogens (tertiary/aromatic N) is 3. The fraction of sp³-hybridized carbons (Fsp3) is 0.222. The van der Waals surface area contributed by atoms with Crippen LogP contribution in [-0.4, -0.2) is 15.4 Å². The van der Waals surface area contributed by atoms with E-state index >= 15 is 0 Å². The normalized spacial score (nSPS) is 11.8. The first-order valence-electron chi connectivity index (χ1n) is 7.97. The topological polar surface area (TPSA) is 77.5 Å². The smallest absolute Gasteiger partial charge is 0.271 e. The first kappa shape index (κ1) is 17.0. The molecular weight excluding hydrogens is 338 g/mol. The number of nitro groups is 1. The molecule has 0 unspecified atom stereocenters. The Hall–Kier alpha value is -2.80. The van der Waals surface area contributed by atoms with Crippen LogP contribution in [0.15, 0.2) is 53.5 Å². The zero-order valence-electron chi connectivity index (χ0n) is 13.7. The molecule has 0 fully saturated rings. The number of nitro benzene ring substituents is 1. The van der Waals surface area contributed by atoms with Crippen molar-refractivity contribution in [2.24, 2.45) is 4.99 Å². The molecular formula is C18H17N3O3S. The quantitative estimate of drug-likeness (QED) is 0.517. The molecule has 1 heterocycles. The lowest BCUT2D eigenvalue weighted by molar-refractivity contribution is -0.384. The highest BCUT2D eigenvalue weighted by Crippen LogP contribution is 2.23. The summed E-state index contributed by atoms with van der Waals surface area (Å²) >= 11 is 1.37. The van der Waals surface area contributed by atoms with Gasteiger partial charge >= 0.3 is 0 Å². The van der Waals surface area contributed by atoms with Crippen LogP contribution in [0.4, 0.5) is 5.69 Å². The van der Waals surface area contributed by atoms with Gasteiger partial charge in [-0.25, -0.2) is 0 Å². The number of fused-ring (bicyclic) bond motifs is 1. The van der Waals surface area contributed by atoms with Crippen LogP contribution >= 0.6 is 11.3 Å². The molecule has 2 aromatic carbocycles. The first-order chi connectivity index (χ1) is 12.1. The van der Waals surface area contributed by atoms with Crippen LogP contribution in [0.2, 0.25) is 0 Å². The largest absolute Gasteiger partial charge is 0.316 e. The van der Waals surface area contributed by atoms with E-state index in [1.807, 2.05) is 41.8 Å². The molecule has 0 aliphatic carbocycles. The third-order valence-corrected chi connectivity index (χ3v) is 4.94. The standard InChI is InChI=1S/C18H17N3O3S/c1-2-20-15-12-14(21(23)24)9-10-16(15)25-18(20)19-17(22)11-8-13-6-4-3-5-7-13/h3-7,9-10,12H,2,8,11H2,1H3. The molecule has 3 rings (SSSR count). The van der Waals surface area contributed by atoms with Gasteiger partial charge in [-0.1, -0.05) is 41.7 Å². The van der Waals surface area contributed by atoms with Crippen LogP contribution < -0.4 is 4.80 Å². The van der Waals surface area contributed by atoms with Crippen LogP contribution in [-0.2, 0) is 17.8 Å². The van der Waals surface area contributed by atoms with Crippen molar-refractivity contribution in [1.82, 2.24) is 4.57 Å². The lowest BCUT2D eigenvalue weighted by atomic mass is 10.1. The van der Waals surface area contributed by atoms with Crippen molar-refractivity contribution in [1.29, 1.82) is 0 Å². The number of non-ortho nitro benzene ring substituents is 1. The number of carbonyl (C=O) groups is 1. The molecule has 6 nitrogen and oxygen atoms in total. The Bertz CT molecular complexity index is 990. The number of carbonyl (C=O) groups excluding carboxylic acids is 1. The Kier molecular flexibility index (Phi) is 5.04. The maximum atomic E-state index is 12.2. The van der Waals surface area contributed by atoms with E-state index in [1.165, 1.54) is 23.5 Å². The summed E-state index contributed by atoms with van der Waals surface area (Å²) in [5.41, 5.74) is 1.87. The Morgan fingerprint density at radius 3 is 2.68 bits per heavy atom. The second-order valence-corrected chi connectivity index (χ2v) is 6.54. The monoisotopic (exact) mass is 355 g/mol. The average Bonchev–Trinajstić information content (AvgIpc) is 2.96. The van der Waals surface area contributed by atoms with E-state index in [1.54, 1.807) is 6.07 Å². The van der Waals surface area contributed by atoms with E-state index < -0.39 is 4.92 Å². The van der Waals surface area contributed by atoms with Crippen LogP contribution in [0.25, 0.3) is 10.2 Å². The highest BCUT2D eigenvalue weighted by molar-refractivity contribution is 7.16. The molecule has 0 atom stereocenters. The number of hydrogen-bond acceptors (Lipinski definition) is 4. The Balaban J connectivity index is 1.90. The number of hydrogen-bond donors (Lipinski definition) is 0. The highest BCUT2D eigenvalue weighted by Gasteiger charge is 2.12. The summed E-state index contributed by atoms with van der Waals surface area (Å²) in [7, 11) is 0. The molecule has 25 heavy (non-hydrogen) atoms. The first-order valence-corrected chi connectivity index (χ1v) is 8.79. The minimum absolute atomic E-state index is 0.0365. The molecule has 0 aliphatic rings. The maximum absolute atomic E-state index is 12.2. The van der Waals surface area contributed by atoms with Crippen molar-refractivity contribution in [3.8, 4) is 0 Å². The molecule has 0 bridgehead atoms. The number of benzene rings is 2. The maximum Gasteiger partial charge on any atom is 0.271 e. The van der Waals surface area contributed by atoms with Gasteiger partial charge in [-0.15, -0.1) is 0 Å². The lowest BCUT2D eigenvalue weighted by Crippen LogP contribution is -2.16. The van der Waals surface area contributed by atoms with E-state index in [0.717, 1.165) is 15.8 Å². The van der Waals surface area contributed by atoms with Gasteiger partial charge in [-0.2, -0.15) is 4.99 Å². The summed E-state index contributed by atoms with van der Waals surface area (Å²) in [5, 5.41) is 11.0. The molecule has 128 valence electrons. The van der Waals surface area contributed by atoms with Gasteiger partial charge in [-0.05, 0) is 25.0 Å². The molecule has 0 saturated heterocycles. The van der Waals surface area contributed by atoms with E-state index in [-0.39, 0.29) is 11.6 Å². The van der Waals surface area contributed by atoms with Crippen molar-refractivity contribution in [3.05, 3.63) is 69.0 Å². The molecule has 0 radical (unpaired) electrons. The molecule has 0 saturated carbocycles. The Morgan fingerprint density at radius 1 is 1.24 bits per heavy atom. The second-order valence-electron chi connectivity index (χ2n) is 5.53. The van der Waals surface area contributed by atoms with Crippen molar-refractivity contribution in [3.63, 3.8) is 0 Å². The van der Waals surface area contributed by atoms with E-state index in [4.69, 9.17) is 0 Å². The molecule has 1 amide bonds. The average molecular weight is 355 g/mol. The number of amides is 1. The number of aryl methyl sites for hydroxylation is 2. The Labute approximate surface area is 148 Å². The zero-order chi connectivity index (χ0) is 17.8. The summed E-state index contributed by atoms with van der Waals surface area (Å²) in [6, 6.07) is 14.5. The summed E-state index contributed by atoms with van der Waals surface area (Å²) in [4.78, 5) is 27.6. The van der Waals surface area contributed by atoms with E-state index in [9.17, 15) is 14.9 Å². The van der Waals surface area contributed by atoms with E-state index in [0.29, 0.717) is 24.2 Å². The van der Waals surface area contributed by atoms with Gasteiger partial charge in [0, 0.05) is 25.1 Å². The minimum Gasteiger partial charge on any atom is -0.316 e. The predicted molar refractivity (Wildman–Crippen MR) is 97.5 cm³/mol. The third-order valence-electron chi connectivity index (χ3n) is 3.88. The number of rotatable bonds is 5. The van der Waals surface area contributed by atoms with Gasteiger partial charge in [0.15, 0.2) is 4.80 Å². The van der Waals surface area contributed by atoms with Gasteiger partial charge in [0.25, 0.3) is 5.69 Å². The van der Waals surface area contributed by atoms with E-state index in [2.05, 4.69) is 4.99 Å². The summed E-state index contributed by atoms with van der Waals surface area (Å²) in [5.74, 6) is -0.188. The van der Waals surface area contributed by atoms with Crippen molar-refractivity contribution < 1.29 is 9.72 Å². The number of aromatic nitrogens is 1. The summed E-state index contributed by atoms with van der Waals surface area (Å²) < 4.78 is 2.72. The van der Waals surface area contributed by atoms with Crippen LogP contribution in [0.3, 0.4) is 0 Å². The third kappa shape index (κ3) is 3.83. The van der Waals surface area contributed by atoms with Crippen LogP contribution in [0.1, 0.15) is 18.9 Å². The molecule has 1 aromatic heterocycles. The fourth-order valence-electron chi connectivity index (χ4n) is 2.62. The molecule has 3 aromatic rings. The molecule has 0 spiro atoms. The van der Waals surface area contributed by atoms with Crippen LogP contribution in [0, 0.1) is 10.1 Å². The fourth-order valence-corrected chi connectivity index (χ4v) is 3.71. The lowest BCUT2D eigenvalue weighted by Gasteiger charge is -2.00. The van der Waals surface area contributed by atoms with Gasteiger partial charge in [-0.3, -0.25) is 14.9 Å². The zero-order valence-corrected chi connectivity index (χ0v) is 14.5. The molecule has 0 N–H and O–H groups in total. The van der Waals surface area contributed by atoms with Crippen molar-refractivity contribution >= 4 is 33.1 Å². The predicted octanol–water partition coefficient (Wildman–Crippen LogP) is 3.69. The molecule has 7 heteroatoms. The van der Waals surface area contributed by atoms with Gasteiger partial charge < -0.3 is 4.57 Å². The SMILES string of the molecule is CCn1c(=NC(=O)CCc2ccccc2)sc2ccc([N+](=O)[O-])cc21. The van der Waals surface area contributed by atoms with Crippen molar-refractivity contribution in [2.45, 2.75) is 26.3 Å². The van der Waals surface area contributed by atoms with Gasteiger partial charge in [0.1, 0.15) is 0 Å². The van der Waals surface area contributed by atoms with Gasteiger partial charge in [0.05, 0.1) is 15.1 Å². The Morgan fingerprint density at radius 2 is 2.00 bits per heavy atom. The molecule has 0 aliphatic heterocycles. The minimum atomic E-state index is -0.418.